The second kappa shape index (κ2) is 5.89. The van der Waals surface area contributed by atoms with Crippen LogP contribution in [0.1, 0.15) is 18.4 Å². The SMILES string of the molecule is Cc1ccc(NC(=O)C2CCCN2)c(O)c1.Cl. The van der Waals surface area contributed by atoms with E-state index in [2.05, 4.69) is 10.6 Å². The normalized spacial score (nSPS) is 18.5. The summed E-state index contributed by atoms with van der Waals surface area (Å²) >= 11 is 0. The molecule has 1 aliphatic rings. The number of phenols is 1. The van der Waals surface area contributed by atoms with Crippen LogP contribution >= 0.6 is 12.4 Å². The number of benzene rings is 1. The Morgan fingerprint density at radius 2 is 2.29 bits per heavy atom. The molecule has 0 spiro atoms. The Morgan fingerprint density at radius 3 is 2.88 bits per heavy atom. The van der Waals surface area contributed by atoms with Crippen molar-refractivity contribution in [1.29, 1.82) is 0 Å². The smallest absolute Gasteiger partial charge is 0.241 e. The molecule has 0 radical (unpaired) electrons. The lowest BCUT2D eigenvalue weighted by molar-refractivity contribution is -0.117. The van der Waals surface area contributed by atoms with E-state index in [9.17, 15) is 9.90 Å². The maximum atomic E-state index is 11.8. The van der Waals surface area contributed by atoms with E-state index >= 15 is 0 Å². The molecule has 0 aromatic heterocycles. The predicted octanol–water partition coefficient (Wildman–Crippen LogP) is 1.81. The lowest BCUT2D eigenvalue weighted by atomic mass is 10.2. The van der Waals surface area contributed by atoms with E-state index < -0.39 is 0 Å². The van der Waals surface area contributed by atoms with Crippen molar-refractivity contribution in [1.82, 2.24) is 5.32 Å². The van der Waals surface area contributed by atoms with Gasteiger partial charge in [-0.1, -0.05) is 6.07 Å². The molecule has 1 aliphatic heterocycles. The maximum Gasteiger partial charge on any atom is 0.241 e. The van der Waals surface area contributed by atoms with E-state index in [1.807, 2.05) is 13.0 Å². The van der Waals surface area contributed by atoms with Crippen LogP contribution in [0.25, 0.3) is 0 Å². The van der Waals surface area contributed by atoms with Gasteiger partial charge in [0.1, 0.15) is 5.75 Å². The zero-order valence-electron chi connectivity index (χ0n) is 9.69. The Morgan fingerprint density at radius 1 is 1.53 bits per heavy atom. The first-order valence-electron chi connectivity index (χ1n) is 5.50. The van der Waals surface area contributed by atoms with Gasteiger partial charge in [0, 0.05) is 0 Å². The van der Waals surface area contributed by atoms with Crippen molar-refractivity contribution in [3.8, 4) is 5.75 Å². The number of hydrogen-bond acceptors (Lipinski definition) is 3. The topological polar surface area (TPSA) is 61.4 Å². The fourth-order valence-corrected chi connectivity index (χ4v) is 1.88. The quantitative estimate of drug-likeness (QED) is 0.708. The van der Waals surface area contributed by atoms with Crippen LogP contribution in [-0.2, 0) is 4.79 Å². The number of anilines is 1. The van der Waals surface area contributed by atoms with Crippen molar-refractivity contribution in [3.05, 3.63) is 23.8 Å². The highest BCUT2D eigenvalue weighted by Crippen LogP contribution is 2.24. The minimum absolute atomic E-state index is 0. The number of amides is 1. The predicted molar refractivity (Wildman–Crippen MR) is 69.7 cm³/mol. The lowest BCUT2D eigenvalue weighted by Crippen LogP contribution is -2.35. The standard InChI is InChI=1S/C12H16N2O2.ClH/c1-8-4-5-9(11(15)7-8)14-12(16)10-3-2-6-13-10;/h4-5,7,10,13,15H,2-3,6H2,1H3,(H,14,16);1H. The van der Waals surface area contributed by atoms with Gasteiger partial charge in [0.25, 0.3) is 0 Å². The molecule has 5 heteroatoms. The number of carbonyl (C=O) groups is 1. The van der Waals surface area contributed by atoms with Gasteiger partial charge in [0.15, 0.2) is 0 Å². The van der Waals surface area contributed by atoms with Crippen molar-refractivity contribution in [2.24, 2.45) is 0 Å². The third-order valence-electron chi connectivity index (χ3n) is 2.79. The molecule has 1 atom stereocenters. The molecule has 0 saturated carbocycles. The van der Waals surface area contributed by atoms with E-state index in [4.69, 9.17) is 0 Å². The van der Waals surface area contributed by atoms with E-state index in [1.165, 1.54) is 0 Å². The van der Waals surface area contributed by atoms with Gasteiger partial charge in [-0.25, -0.2) is 0 Å². The first kappa shape index (κ1) is 13.8. The first-order chi connectivity index (χ1) is 7.66. The fourth-order valence-electron chi connectivity index (χ4n) is 1.88. The molecule has 17 heavy (non-hydrogen) atoms. The second-order valence-electron chi connectivity index (χ2n) is 4.16. The van der Waals surface area contributed by atoms with Gasteiger partial charge in [-0.15, -0.1) is 12.4 Å². The van der Waals surface area contributed by atoms with Crippen LogP contribution in [0.2, 0.25) is 0 Å². The highest BCUT2D eigenvalue weighted by Gasteiger charge is 2.22. The molecule has 4 nitrogen and oxygen atoms in total. The summed E-state index contributed by atoms with van der Waals surface area (Å²) in [6.07, 6.45) is 1.89. The number of aromatic hydroxyl groups is 1. The Hall–Kier alpha value is -1.26. The summed E-state index contributed by atoms with van der Waals surface area (Å²) in [4.78, 5) is 11.8. The molecule has 0 aliphatic carbocycles. The van der Waals surface area contributed by atoms with Crippen molar-refractivity contribution < 1.29 is 9.90 Å². The number of phenolic OH excluding ortho intramolecular Hbond substituents is 1. The summed E-state index contributed by atoms with van der Waals surface area (Å²) in [5, 5.41) is 15.5. The number of carbonyl (C=O) groups excluding carboxylic acids is 1. The molecule has 2 rings (SSSR count). The Balaban J connectivity index is 0.00000144. The van der Waals surface area contributed by atoms with Gasteiger partial charge in [-0.2, -0.15) is 0 Å². The molecule has 1 aromatic rings. The van der Waals surface area contributed by atoms with Crippen LogP contribution in [0.5, 0.6) is 5.75 Å². The van der Waals surface area contributed by atoms with E-state index in [0.717, 1.165) is 24.9 Å². The minimum atomic E-state index is -0.124. The highest BCUT2D eigenvalue weighted by atomic mass is 35.5. The Kier molecular flexibility index (Phi) is 4.78. The van der Waals surface area contributed by atoms with E-state index in [1.54, 1.807) is 12.1 Å². The molecule has 94 valence electrons. The number of halogens is 1. The van der Waals surface area contributed by atoms with Crippen LogP contribution in [0, 0.1) is 6.92 Å². The second-order valence-corrected chi connectivity index (χ2v) is 4.16. The van der Waals surface area contributed by atoms with Crippen molar-refractivity contribution >= 4 is 24.0 Å². The van der Waals surface area contributed by atoms with Crippen molar-refractivity contribution in [2.45, 2.75) is 25.8 Å². The first-order valence-corrected chi connectivity index (χ1v) is 5.50. The number of rotatable bonds is 2. The van der Waals surface area contributed by atoms with Gasteiger partial charge in [0.2, 0.25) is 5.91 Å². The van der Waals surface area contributed by atoms with Gasteiger partial charge in [-0.3, -0.25) is 4.79 Å². The van der Waals surface area contributed by atoms with Gasteiger partial charge in [-0.05, 0) is 44.0 Å². The van der Waals surface area contributed by atoms with Crippen LogP contribution in [0.15, 0.2) is 18.2 Å². The van der Waals surface area contributed by atoms with Crippen LogP contribution < -0.4 is 10.6 Å². The maximum absolute atomic E-state index is 11.8. The van der Waals surface area contributed by atoms with Crippen LogP contribution in [-0.4, -0.2) is 23.6 Å². The minimum Gasteiger partial charge on any atom is -0.506 e. The van der Waals surface area contributed by atoms with Gasteiger partial charge in [0.05, 0.1) is 11.7 Å². The zero-order valence-corrected chi connectivity index (χ0v) is 10.5. The molecular weight excluding hydrogens is 240 g/mol. The third-order valence-corrected chi connectivity index (χ3v) is 2.79. The summed E-state index contributed by atoms with van der Waals surface area (Å²) in [6.45, 7) is 2.78. The number of aryl methyl sites for hydroxylation is 1. The fraction of sp³-hybridized carbons (Fsp3) is 0.417. The van der Waals surface area contributed by atoms with Gasteiger partial charge >= 0.3 is 0 Å². The van der Waals surface area contributed by atoms with Crippen molar-refractivity contribution in [2.75, 3.05) is 11.9 Å². The number of nitrogens with one attached hydrogen (secondary N) is 2. The third kappa shape index (κ3) is 3.35. The molecule has 1 saturated heterocycles. The van der Waals surface area contributed by atoms with E-state index in [0.29, 0.717) is 5.69 Å². The van der Waals surface area contributed by atoms with Crippen LogP contribution in [0.3, 0.4) is 0 Å². The van der Waals surface area contributed by atoms with E-state index in [-0.39, 0.29) is 30.1 Å². The largest absolute Gasteiger partial charge is 0.506 e. The summed E-state index contributed by atoms with van der Waals surface area (Å²) in [6, 6.07) is 5.09. The zero-order chi connectivity index (χ0) is 11.5. The molecule has 1 fully saturated rings. The molecule has 1 unspecified atom stereocenters. The molecular formula is C12H17ClN2O2. The molecule has 3 N–H and O–H groups in total. The molecule has 1 heterocycles. The summed E-state index contributed by atoms with van der Waals surface area (Å²) in [5.74, 6) is 0.0444. The molecule has 1 aromatic carbocycles. The summed E-state index contributed by atoms with van der Waals surface area (Å²) < 4.78 is 0. The number of hydrogen-bond donors (Lipinski definition) is 3. The van der Waals surface area contributed by atoms with Crippen LogP contribution in [0.4, 0.5) is 5.69 Å². The average Bonchev–Trinajstić information content (AvgIpc) is 2.75. The lowest BCUT2D eigenvalue weighted by Gasteiger charge is -2.12. The average molecular weight is 257 g/mol. The van der Waals surface area contributed by atoms with Crippen molar-refractivity contribution in [3.63, 3.8) is 0 Å². The Labute approximate surface area is 107 Å². The molecule has 1 amide bonds. The monoisotopic (exact) mass is 256 g/mol. The Bertz CT molecular complexity index is 403. The van der Waals surface area contributed by atoms with Gasteiger partial charge < -0.3 is 15.7 Å². The highest BCUT2D eigenvalue weighted by molar-refractivity contribution is 5.96. The molecule has 0 bridgehead atoms. The summed E-state index contributed by atoms with van der Waals surface area (Å²) in [7, 11) is 0. The summed E-state index contributed by atoms with van der Waals surface area (Å²) in [5.41, 5.74) is 1.44.